The maximum Gasteiger partial charge on any atom is 0.248 e. The molecular weight excluding hydrogens is 278 g/mol. The van der Waals surface area contributed by atoms with Crippen molar-refractivity contribution in [1.82, 2.24) is 14.4 Å². The summed E-state index contributed by atoms with van der Waals surface area (Å²) in [6.45, 7) is 9.19. The van der Waals surface area contributed by atoms with Crippen LogP contribution in [0.4, 0.5) is 0 Å². The van der Waals surface area contributed by atoms with Gasteiger partial charge in [-0.15, -0.1) is 0 Å². The Morgan fingerprint density at radius 2 is 1.85 bits per heavy atom. The summed E-state index contributed by atoms with van der Waals surface area (Å²) >= 11 is 0. The number of nitrogens with zero attached hydrogens (tertiary/aromatic N) is 3. The third-order valence-corrected chi connectivity index (χ3v) is 5.87. The number of aryl methyl sites for hydroxylation is 2. The normalized spacial score (nSPS) is 18.6. The zero-order valence-corrected chi connectivity index (χ0v) is 13.2. The van der Waals surface area contributed by atoms with Crippen molar-refractivity contribution in [3.05, 3.63) is 11.5 Å². The van der Waals surface area contributed by atoms with Crippen molar-refractivity contribution in [3.63, 3.8) is 0 Å². The van der Waals surface area contributed by atoms with Crippen LogP contribution in [0.5, 0.6) is 0 Å². The summed E-state index contributed by atoms with van der Waals surface area (Å²) in [5.74, 6) is 0.371. The first-order chi connectivity index (χ1) is 9.46. The summed E-state index contributed by atoms with van der Waals surface area (Å²) in [6, 6.07) is 0. The highest BCUT2D eigenvalue weighted by atomic mass is 32.2. The van der Waals surface area contributed by atoms with Crippen molar-refractivity contribution < 1.29 is 12.9 Å². The molecule has 0 aromatic carbocycles. The summed E-state index contributed by atoms with van der Waals surface area (Å²) in [5.41, 5.74) is 0.441. The van der Waals surface area contributed by atoms with Crippen molar-refractivity contribution in [2.45, 2.75) is 38.5 Å². The molecule has 7 heteroatoms. The van der Waals surface area contributed by atoms with E-state index in [1.165, 1.54) is 0 Å². The molecule has 20 heavy (non-hydrogen) atoms. The van der Waals surface area contributed by atoms with E-state index in [0.29, 0.717) is 24.5 Å². The van der Waals surface area contributed by atoms with Gasteiger partial charge in [0.2, 0.25) is 10.0 Å². The zero-order valence-electron chi connectivity index (χ0n) is 12.4. The lowest BCUT2D eigenvalue weighted by molar-refractivity contribution is 0.186. The van der Waals surface area contributed by atoms with Crippen molar-refractivity contribution in [1.29, 1.82) is 0 Å². The fourth-order valence-electron chi connectivity index (χ4n) is 2.55. The van der Waals surface area contributed by atoms with Crippen molar-refractivity contribution in [2.24, 2.45) is 0 Å². The number of hydrogen-bond acceptors (Lipinski definition) is 5. The van der Waals surface area contributed by atoms with E-state index in [1.54, 1.807) is 18.2 Å². The van der Waals surface area contributed by atoms with Gasteiger partial charge >= 0.3 is 0 Å². The van der Waals surface area contributed by atoms with Gasteiger partial charge in [0.05, 0.1) is 0 Å². The summed E-state index contributed by atoms with van der Waals surface area (Å²) in [4.78, 5) is 2.56. The van der Waals surface area contributed by atoms with Crippen LogP contribution in [0.2, 0.25) is 0 Å². The fourth-order valence-corrected chi connectivity index (χ4v) is 4.26. The predicted octanol–water partition coefficient (Wildman–Crippen LogP) is 1.40. The minimum Gasteiger partial charge on any atom is -0.360 e. The molecule has 1 aromatic rings. The predicted molar refractivity (Wildman–Crippen MR) is 76.1 cm³/mol. The van der Waals surface area contributed by atoms with Crippen LogP contribution in [0, 0.1) is 13.8 Å². The third-order valence-electron chi connectivity index (χ3n) is 3.72. The van der Waals surface area contributed by atoms with Gasteiger partial charge in [-0.2, -0.15) is 4.31 Å². The van der Waals surface area contributed by atoms with Gasteiger partial charge in [0.25, 0.3) is 0 Å². The summed E-state index contributed by atoms with van der Waals surface area (Å²) < 4.78 is 31.8. The SMILES string of the molecule is CCCCN1CCN(S(=O)(=O)c2c(C)noc2C)CC1. The van der Waals surface area contributed by atoms with Gasteiger partial charge in [-0.1, -0.05) is 18.5 Å². The molecule has 0 saturated carbocycles. The molecule has 0 atom stereocenters. The van der Waals surface area contributed by atoms with Crippen LogP contribution in [0.1, 0.15) is 31.2 Å². The highest BCUT2D eigenvalue weighted by molar-refractivity contribution is 7.89. The Kier molecular flexibility index (Phi) is 4.82. The smallest absolute Gasteiger partial charge is 0.248 e. The van der Waals surface area contributed by atoms with E-state index in [-0.39, 0.29) is 4.90 Å². The minimum absolute atomic E-state index is 0.236. The van der Waals surface area contributed by atoms with Crippen molar-refractivity contribution >= 4 is 10.0 Å². The lowest BCUT2D eigenvalue weighted by Gasteiger charge is -2.33. The van der Waals surface area contributed by atoms with E-state index in [9.17, 15) is 8.42 Å². The van der Waals surface area contributed by atoms with E-state index < -0.39 is 10.0 Å². The fraction of sp³-hybridized carbons (Fsp3) is 0.769. The molecule has 1 saturated heterocycles. The molecular formula is C13H23N3O3S. The first-order valence-corrected chi connectivity index (χ1v) is 8.56. The molecule has 6 nitrogen and oxygen atoms in total. The molecule has 0 unspecified atom stereocenters. The van der Waals surface area contributed by atoms with Crippen LogP contribution in [-0.2, 0) is 10.0 Å². The molecule has 114 valence electrons. The van der Waals surface area contributed by atoms with Gasteiger partial charge in [0.15, 0.2) is 5.76 Å². The van der Waals surface area contributed by atoms with E-state index >= 15 is 0 Å². The van der Waals surface area contributed by atoms with E-state index in [2.05, 4.69) is 17.0 Å². The summed E-state index contributed by atoms with van der Waals surface area (Å²) in [7, 11) is -3.47. The number of aromatic nitrogens is 1. The quantitative estimate of drug-likeness (QED) is 0.822. The van der Waals surface area contributed by atoms with Crippen LogP contribution in [0.15, 0.2) is 9.42 Å². The Morgan fingerprint density at radius 1 is 1.20 bits per heavy atom. The number of piperazine rings is 1. The minimum atomic E-state index is -3.47. The molecule has 0 N–H and O–H groups in total. The standard InChI is InChI=1S/C13H23N3O3S/c1-4-5-6-15-7-9-16(10-8-15)20(17,18)13-11(2)14-19-12(13)3/h4-10H2,1-3H3. The Labute approximate surface area is 120 Å². The van der Waals surface area contributed by atoms with Crippen LogP contribution in [0.25, 0.3) is 0 Å². The van der Waals surface area contributed by atoms with E-state index in [0.717, 1.165) is 32.5 Å². The highest BCUT2D eigenvalue weighted by Gasteiger charge is 2.32. The number of rotatable bonds is 5. The average molecular weight is 301 g/mol. The van der Waals surface area contributed by atoms with E-state index in [1.807, 2.05) is 0 Å². The monoisotopic (exact) mass is 301 g/mol. The van der Waals surface area contributed by atoms with Crippen molar-refractivity contribution in [3.8, 4) is 0 Å². The second-order valence-corrected chi connectivity index (χ2v) is 7.13. The second kappa shape index (κ2) is 6.24. The molecule has 2 rings (SSSR count). The maximum atomic E-state index is 12.6. The largest absolute Gasteiger partial charge is 0.360 e. The first kappa shape index (κ1) is 15.5. The molecule has 1 fully saturated rings. The van der Waals surface area contributed by atoms with Gasteiger partial charge in [-0.3, -0.25) is 0 Å². The van der Waals surface area contributed by atoms with Gasteiger partial charge in [0.1, 0.15) is 10.6 Å². The molecule has 0 amide bonds. The van der Waals surface area contributed by atoms with Gasteiger partial charge in [-0.25, -0.2) is 8.42 Å². The van der Waals surface area contributed by atoms with Crippen LogP contribution < -0.4 is 0 Å². The van der Waals surface area contributed by atoms with Crippen LogP contribution in [0.3, 0.4) is 0 Å². The Morgan fingerprint density at radius 3 is 2.35 bits per heavy atom. The van der Waals surface area contributed by atoms with Gasteiger partial charge in [-0.05, 0) is 26.8 Å². The summed E-state index contributed by atoms with van der Waals surface area (Å²) in [5, 5.41) is 3.74. The summed E-state index contributed by atoms with van der Waals surface area (Å²) in [6.07, 6.45) is 2.33. The second-order valence-electron chi connectivity index (χ2n) is 5.25. The molecule has 0 aliphatic carbocycles. The van der Waals surface area contributed by atoms with Gasteiger partial charge < -0.3 is 9.42 Å². The topological polar surface area (TPSA) is 66.7 Å². The van der Waals surface area contributed by atoms with Crippen molar-refractivity contribution in [2.75, 3.05) is 32.7 Å². The number of unbranched alkanes of at least 4 members (excludes halogenated alkanes) is 1. The Bertz CT molecular complexity index is 526. The third kappa shape index (κ3) is 3.05. The average Bonchev–Trinajstić information content (AvgIpc) is 2.77. The molecule has 1 aliphatic rings. The Hall–Kier alpha value is -0.920. The lowest BCUT2D eigenvalue weighted by Crippen LogP contribution is -2.48. The number of sulfonamides is 1. The molecule has 2 heterocycles. The number of hydrogen-bond donors (Lipinski definition) is 0. The molecule has 0 radical (unpaired) electrons. The molecule has 1 aromatic heterocycles. The van der Waals surface area contributed by atoms with Gasteiger partial charge in [0, 0.05) is 26.2 Å². The maximum absolute atomic E-state index is 12.6. The van der Waals surface area contributed by atoms with E-state index in [4.69, 9.17) is 4.52 Å². The molecule has 0 spiro atoms. The molecule has 0 bridgehead atoms. The Balaban J connectivity index is 2.06. The highest BCUT2D eigenvalue weighted by Crippen LogP contribution is 2.24. The van der Waals surface area contributed by atoms with Crippen LogP contribution >= 0.6 is 0 Å². The first-order valence-electron chi connectivity index (χ1n) is 7.12. The van der Waals surface area contributed by atoms with Crippen LogP contribution in [-0.4, -0.2) is 55.5 Å². The zero-order chi connectivity index (χ0) is 14.8. The molecule has 1 aliphatic heterocycles. The lowest BCUT2D eigenvalue weighted by atomic mass is 10.3.